The first kappa shape index (κ1) is 19.7. The van der Waals surface area contributed by atoms with E-state index in [4.69, 9.17) is 4.74 Å². The molecule has 1 aliphatic rings. The lowest BCUT2D eigenvalue weighted by Gasteiger charge is -2.59. The number of hydrogen-bond acceptors (Lipinski definition) is 3. The zero-order valence-electron chi connectivity index (χ0n) is 14.3. The van der Waals surface area contributed by atoms with Crippen molar-refractivity contribution in [1.29, 1.82) is 0 Å². The summed E-state index contributed by atoms with van der Waals surface area (Å²) in [7, 11) is 3.61. The van der Waals surface area contributed by atoms with Crippen molar-refractivity contribution in [2.45, 2.75) is 52.3 Å². The molecule has 0 aromatic carbocycles. The van der Waals surface area contributed by atoms with Crippen molar-refractivity contribution in [3.63, 3.8) is 0 Å². The van der Waals surface area contributed by atoms with E-state index in [1.807, 2.05) is 18.4 Å². The van der Waals surface area contributed by atoms with Crippen molar-refractivity contribution in [2.75, 3.05) is 14.2 Å². The Bertz CT molecular complexity index is 529. The van der Waals surface area contributed by atoms with E-state index in [1.165, 1.54) is 9.75 Å². The fourth-order valence-electron chi connectivity index (χ4n) is 2.83. The minimum absolute atomic E-state index is 0. The Hall–Kier alpha value is -0.340. The molecular formula is C16H28IN3OS. The van der Waals surface area contributed by atoms with Gasteiger partial charge in [0.2, 0.25) is 0 Å². The van der Waals surface area contributed by atoms with Crippen molar-refractivity contribution in [2.24, 2.45) is 10.4 Å². The smallest absolute Gasteiger partial charge is 0.191 e. The minimum atomic E-state index is -0.0611. The highest BCUT2D eigenvalue weighted by atomic mass is 127. The largest absolute Gasteiger partial charge is 0.378 e. The first-order valence-corrected chi connectivity index (χ1v) is 8.21. The first-order valence-electron chi connectivity index (χ1n) is 7.40. The monoisotopic (exact) mass is 437 g/mol. The number of rotatable bonds is 4. The lowest BCUT2D eigenvalue weighted by molar-refractivity contribution is -0.176. The standard InChI is InChI=1S/C16H27N3OS.HI/c1-11-7-8-12(21-11)10-18-14(17-5)19-13-9-16(4,20-6)15(13,2)3;/h7-8,13H,9-10H2,1-6H3,(H2,17,18,19);1H. The Morgan fingerprint density at radius 1 is 1.41 bits per heavy atom. The SMILES string of the molecule is CN=C(NCc1ccc(C)s1)NC1CC(C)(OC)C1(C)C.I. The van der Waals surface area contributed by atoms with Crippen LogP contribution in [0.3, 0.4) is 0 Å². The van der Waals surface area contributed by atoms with Crippen LogP contribution in [0.4, 0.5) is 0 Å². The summed E-state index contributed by atoms with van der Waals surface area (Å²) in [4.78, 5) is 6.99. The highest BCUT2D eigenvalue weighted by Crippen LogP contribution is 2.51. The molecule has 6 heteroatoms. The summed E-state index contributed by atoms with van der Waals surface area (Å²) in [6.45, 7) is 9.60. The summed E-state index contributed by atoms with van der Waals surface area (Å²) in [6.07, 6.45) is 0.995. The van der Waals surface area contributed by atoms with Gasteiger partial charge in [0.1, 0.15) is 0 Å². The van der Waals surface area contributed by atoms with Crippen LogP contribution >= 0.6 is 35.3 Å². The number of halogens is 1. The van der Waals surface area contributed by atoms with Gasteiger partial charge in [-0.15, -0.1) is 35.3 Å². The molecule has 2 rings (SSSR count). The number of hydrogen-bond donors (Lipinski definition) is 2. The fraction of sp³-hybridized carbons (Fsp3) is 0.688. The molecule has 1 aromatic heterocycles. The van der Waals surface area contributed by atoms with Gasteiger partial charge >= 0.3 is 0 Å². The number of aliphatic imine (C=N–C) groups is 1. The van der Waals surface area contributed by atoms with Crippen LogP contribution in [0, 0.1) is 12.3 Å². The van der Waals surface area contributed by atoms with E-state index in [-0.39, 0.29) is 35.0 Å². The molecule has 0 spiro atoms. The van der Waals surface area contributed by atoms with Gasteiger partial charge in [-0.1, -0.05) is 13.8 Å². The van der Waals surface area contributed by atoms with Crippen molar-refractivity contribution < 1.29 is 4.74 Å². The van der Waals surface area contributed by atoms with E-state index in [1.54, 1.807) is 7.11 Å². The van der Waals surface area contributed by atoms with E-state index < -0.39 is 0 Å². The number of nitrogens with one attached hydrogen (secondary N) is 2. The summed E-state index contributed by atoms with van der Waals surface area (Å²) >= 11 is 1.82. The van der Waals surface area contributed by atoms with Gasteiger partial charge in [0.25, 0.3) is 0 Å². The summed E-state index contributed by atoms with van der Waals surface area (Å²) in [5, 5.41) is 6.91. The van der Waals surface area contributed by atoms with Crippen molar-refractivity contribution in [1.82, 2.24) is 10.6 Å². The quantitative estimate of drug-likeness (QED) is 0.430. The maximum absolute atomic E-state index is 5.67. The second kappa shape index (κ2) is 7.49. The topological polar surface area (TPSA) is 45.7 Å². The third kappa shape index (κ3) is 3.76. The maximum Gasteiger partial charge on any atom is 0.191 e. The molecule has 4 nitrogen and oxygen atoms in total. The van der Waals surface area contributed by atoms with Crippen molar-refractivity contribution in [3.8, 4) is 0 Å². The maximum atomic E-state index is 5.67. The zero-order chi connectivity index (χ0) is 15.7. The predicted octanol–water partition coefficient (Wildman–Crippen LogP) is 3.54. The molecule has 1 saturated carbocycles. The molecule has 126 valence electrons. The van der Waals surface area contributed by atoms with Crippen molar-refractivity contribution in [3.05, 3.63) is 21.9 Å². The predicted molar refractivity (Wildman–Crippen MR) is 105 cm³/mol. The molecule has 1 aliphatic carbocycles. The van der Waals surface area contributed by atoms with Crippen LogP contribution in [-0.4, -0.2) is 31.8 Å². The Morgan fingerprint density at radius 2 is 2.09 bits per heavy atom. The number of ether oxygens (including phenoxy) is 1. The Labute approximate surface area is 155 Å². The zero-order valence-corrected chi connectivity index (χ0v) is 17.5. The van der Waals surface area contributed by atoms with E-state index in [0.29, 0.717) is 6.04 Å². The average molecular weight is 437 g/mol. The van der Waals surface area contributed by atoms with E-state index >= 15 is 0 Å². The molecule has 2 N–H and O–H groups in total. The van der Waals surface area contributed by atoms with Gasteiger partial charge < -0.3 is 15.4 Å². The molecular weight excluding hydrogens is 409 g/mol. The third-order valence-electron chi connectivity index (χ3n) is 5.04. The number of methoxy groups -OCH3 is 1. The highest BCUT2D eigenvalue weighted by molar-refractivity contribution is 14.0. The first-order chi connectivity index (χ1) is 9.82. The molecule has 2 atom stereocenters. The molecule has 0 aliphatic heterocycles. The van der Waals surface area contributed by atoms with Gasteiger partial charge in [0.15, 0.2) is 5.96 Å². The van der Waals surface area contributed by atoms with E-state index in [2.05, 4.69) is 55.5 Å². The molecule has 1 fully saturated rings. The van der Waals surface area contributed by atoms with Crippen LogP contribution in [0.5, 0.6) is 0 Å². The van der Waals surface area contributed by atoms with Gasteiger partial charge in [0, 0.05) is 35.4 Å². The fourth-order valence-corrected chi connectivity index (χ4v) is 3.66. The minimum Gasteiger partial charge on any atom is -0.378 e. The summed E-state index contributed by atoms with van der Waals surface area (Å²) in [6, 6.07) is 4.69. The Balaban J connectivity index is 0.00000242. The lowest BCUT2D eigenvalue weighted by atomic mass is 9.56. The number of nitrogens with zero attached hydrogens (tertiary/aromatic N) is 1. The van der Waals surface area contributed by atoms with Gasteiger partial charge in [0.05, 0.1) is 12.1 Å². The molecule has 0 radical (unpaired) electrons. The lowest BCUT2D eigenvalue weighted by Crippen LogP contribution is -2.69. The summed E-state index contributed by atoms with van der Waals surface area (Å²) in [5.74, 6) is 0.859. The third-order valence-corrected chi connectivity index (χ3v) is 6.04. The number of thiophene rings is 1. The van der Waals surface area contributed by atoms with Crippen LogP contribution in [0.2, 0.25) is 0 Å². The number of guanidine groups is 1. The average Bonchev–Trinajstić information content (AvgIpc) is 2.87. The Morgan fingerprint density at radius 3 is 2.55 bits per heavy atom. The summed E-state index contributed by atoms with van der Waals surface area (Å²) in [5.41, 5.74) is 0.0211. The molecule has 1 heterocycles. The molecule has 1 aromatic rings. The van der Waals surface area contributed by atoms with E-state index in [9.17, 15) is 0 Å². The molecule has 2 unspecified atom stereocenters. The van der Waals surface area contributed by atoms with Crippen molar-refractivity contribution >= 4 is 41.3 Å². The van der Waals surface area contributed by atoms with Gasteiger partial charge in [-0.05, 0) is 32.4 Å². The molecule has 0 saturated heterocycles. The highest BCUT2D eigenvalue weighted by Gasteiger charge is 2.58. The van der Waals surface area contributed by atoms with Gasteiger partial charge in [-0.2, -0.15) is 0 Å². The van der Waals surface area contributed by atoms with Crippen LogP contribution in [0.1, 0.15) is 36.9 Å². The van der Waals surface area contributed by atoms with Gasteiger partial charge in [-0.25, -0.2) is 0 Å². The second-order valence-corrected chi connectivity index (χ2v) is 7.87. The molecule has 0 bridgehead atoms. The van der Waals surface area contributed by atoms with Crippen LogP contribution in [0.15, 0.2) is 17.1 Å². The summed E-state index contributed by atoms with van der Waals surface area (Å²) < 4.78 is 5.67. The van der Waals surface area contributed by atoms with E-state index in [0.717, 1.165) is 18.9 Å². The van der Waals surface area contributed by atoms with Crippen LogP contribution in [-0.2, 0) is 11.3 Å². The normalized spacial score (nSPS) is 26.8. The van der Waals surface area contributed by atoms with Gasteiger partial charge in [-0.3, -0.25) is 4.99 Å². The molecule has 22 heavy (non-hydrogen) atoms. The second-order valence-electron chi connectivity index (χ2n) is 6.50. The number of aryl methyl sites for hydroxylation is 1. The molecule has 0 amide bonds. The Kier molecular flexibility index (Phi) is 6.71. The van der Waals surface area contributed by atoms with Crippen LogP contribution < -0.4 is 10.6 Å². The van der Waals surface area contributed by atoms with Crippen LogP contribution in [0.25, 0.3) is 0 Å².